The maximum atomic E-state index is 13.7. The Balaban J connectivity index is 2.09. The number of ether oxygens (including phenoxy) is 2. The molecular weight excluding hydrogens is 275 g/mol. The first-order chi connectivity index (χ1) is 9.88. The van der Waals surface area contributed by atoms with Crippen LogP contribution < -0.4 is 10.5 Å². The van der Waals surface area contributed by atoms with Gasteiger partial charge in [0, 0.05) is 19.6 Å². The first-order valence-electron chi connectivity index (χ1n) is 6.80. The number of nitrogens with zero attached hydrogens (tertiary/aromatic N) is 1. The van der Waals surface area contributed by atoms with Gasteiger partial charge in [0.1, 0.15) is 0 Å². The number of hydrogen-bond donors (Lipinski definition) is 1. The van der Waals surface area contributed by atoms with Gasteiger partial charge >= 0.3 is 0 Å². The molecule has 1 heterocycles. The topological polar surface area (TPSA) is 64.8 Å². The summed E-state index contributed by atoms with van der Waals surface area (Å²) in [4.78, 5) is 14.1. The lowest BCUT2D eigenvalue weighted by Crippen LogP contribution is -2.50. The fourth-order valence-corrected chi connectivity index (χ4v) is 2.50. The first-order valence-corrected chi connectivity index (χ1v) is 6.80. The predicted molar refractivity (Wildman–Crippen MR) is 76.3 cm³/mol. The van der Waals surface area contributed by atoms with Gasteiger partial charge in [0.05, 0.1) is 25.7 Å². The quantitative estimate of drug-likeness (QED) is 0.905. The number of benzene rings is 1. The molecule has 0 aliphatic carbocycles. The molecule has 116 valence electrons. The van der Waals surface area contributed by atoms with Crippen LogP contribution in [0.2, 0.25) is 0 Å². The molecule has 2 atom stereocenters. The van der Waals surface area contributed by atoms with E-state index in [1.807, 2.05) is 0 Å². The van der Waals surface area contributed by atoms with E-state index in [9.17, 15) is 9.18 Å². The number of carbonyl (C=O) groups is 1. The zero-order valence-corrected chi connectivity index (χ0v) is 12.6. The van der Waals surface area contributed by atoms with Crippen LogP contribution in [0.25, 0.3) is 0 Å². The fourth-order valence-electron chi connectivity index (χ4n) is 2.50. The van der Waals surface area contributed by atoms with E-state index in [1.54, 1.807) is 31.0 Å². The van der Waals surface area contributed by atoms with Gasteiger partial charge in [0.25, 0.3) is 0 Å². The molecule has 0 aromatic heterocycles. The minimum Gasteiger partial charge on any atom is -0.494 e. The van der Waals surface area contributed by atoms with E-state index in [2.05, 4.69) is 0 Å². The Kier molecular flexibility index (Phi) is 4.49. The second-order valence-corrected chi connectivity index (χ2v) is 5.67. The third-order valence-corrected chi connectivity index (χ3v) is 3.99. The fraction of sp³-hybridized carbons (Fsp3) is 0.533. The van der Waals surface area contributed by atoms with E-state index in [4.69, 9.17) is 15.2 Å². The van der Waals surface area contributed by atoms with Crippen molar-refractivity contribution in [1.82, 2.24) is 4.90 Å². The highest BCUT2D eigenvalue weighted by Gasteiger charge is 2.45. The standard InChI is InChI=1S/C15H21FN2O3/c1-15(9-21-8-13(15)17)14(19)18(2)7-10-4-5-12(20-3)11(16)6-10/h4-6,13H,7-9,17H2,1-3H3. The van der Waals surface area contributed by atoms with E-state index in [0.717, 1.165) is 0 Å². The zero-order valence-electron chi connectivity index (χ0n) is 12.6. The van der Waals surface area contributed by atoms with Gasteiger partial charge in [0.15, 0.2) is 11.6 Å². The first kappa shape index (κ1) is 15.7. The highest BCUT2D eigenvalue weighted by atomic mass is 19.1. The second-order valence-electron chi connectivity index (χ2n) is 5.67. The highest BCUT2D eigenvalue weighted by Crippen LogP contribution is 2.29. The van der Waals surface area contributed by atoms with Crippen LogP contribution >= 0.6 is 0 Å². The van der Waals surface area contributed by atoms with Gasteiger partial charge in [0.2, 0.25) is 5.91 Å². The van der Waals surface area contributed by atoms with Crippen molar-refractivity contribution in [2.24, 2.45) is 11.1 Å². The van der Waals surface area contributed by atoms with Gasteiger partial charge in [-0.25, -0.2) is 4.39 Å². The average molecular weight is 296 g/mol. The van der Waals surface area contributed by atoms with Crippen LogP contribution in [0.5, 0.6) is 5.75 Å². The van der Waals surface area contributed by atoms with Crippen molar-refractivity contribution >= 4 is 5.91 Å². The molecule has 2 unspecified atom stereocenters. The summed E-state index contributed by atoms with van der Waals surface area (Å²) in [7, 11) is 3.09. The van der Waals surface area contributed by atoms with Crippen molar-refractivity contribution in [3.63, 3.8) is 0 Å². The number of methoxy groups -OCH3 is 1. The molecule has 2 rings (SSSR count). The maximum Gasteiger partial charge on any atom is 0.232 e. The monoisotopic (exact) mass is 296 g/mol. The molecular formula is C15H21FN2O3. The van der Waals surface area contributed by atoms with Gasteiger partial charge in [-0.3, -0.25) is 4.79 Å². The van der Waals surface area contributed by atoms with E-state index in [1.165, 1.54) is 13.2 Å². The summed E-state index contributed by atoms with van der Waals surface area (Å²) in [5.74, 6) is -0.349. The van der Waals surface area contributed by atoms with E-state index in [-0.39, 0.29) is 17.7 Å². The van der Waals surface area contributed by atoms with Gasteiger partial charge < -0.3 is 20.1 Å². The Morgan fingerprint density at radius 3 is 2.86 bits per heavy atom. The minimum absolute atomic E-state index is 0.0938. The normalized spacial score (nSPS) is 24.9. The van der Waals surface area contributed by atoms with E-state index < -0.39 is 11.2 Å². The third-order valence-electron chi connectivity index (χ3n) is 3.99. The summed E-state index contributed by atoms with van der Waals surface area (Å²) >= 11 is 0. The Morgan fingerprint density at radius 1 is 1.62 bits per heavy atom. The second kappa shape index (κ2) is 5.99. The molecule has 0 bridgehead atoms. The molecule has 1 amide bonds. The lowest BCUT2D eigenvalue weighted by atomic mass is 9.84. The molecule has 1 fully saturated rings. The van der Waals surface area contributed by atoms with Crippen molar-refractivity contribution in [3.8, 4) is 5.75 Å². The molecule has 6 heteroatoms. The molecule has 1 aromatic carbocycles. The molecule has 1 aromatic rings. The lowest BCUT2D eigenvalue weighted by Gasteiger charge is -2.31. The number of nitrogens with two attached hydrogens (primary N) is 1. The Hall–Kier alpha value is -1.66. The van der Waals surface area contributed by atoms with Gasteiger partial charge in [-0.15, -0.1) is 0 Å². The Bertz CT molecular complexity index is 538. The molecule has 0 radical (unpaired) electrons. The predicted octanol–water partition coefficient (Wildman–Crippen LogP) is 1.16. The van der Waals surface area contributed by atoms with Crippen LogP contribution in [-0.2, 0) is 16.1 Å². The number of amides is 1. The Labute approximate surface area is 123 Å². The molecule has 1 aliphatic rings. The molecule has 1 aliphatic heterocycles. The summed E-state index contributed by atoms with van der Waals surface area (Å²) in [5, 5.41) is 0. The minimum atomic E-state index is -0.722. The van der Waals surface area contributed by atoms with Gasteiger partial charge in [-0.1, -0.05) is 6.07 Å². The highest BCUT2D eigenvalue weighted by molar-refractivity contribution is 5.83. The van der Waals surface area contributed by atoms with Crippen LogP contribution in [0.3, 0.4) is 0 Å². The summed E-state index contributed by atoms with van der Waals surface area (Å²) in [6.45, 7) is 2.81. The van der Waals surface area contributed by atoms with Crippen molar-refractivity contribution in [1.29, 1.82) is 0 Å². The molecule has 0 saturated carbocycles. The Morgan fingerprint density at radius 2 is 2.33 bits per heavy atom. The van der Waals surface area contributed by atoms with Crippen molar-refractivity contribution in [2.45, 2.75) is 19.5 Å². The van der Waals surface area contributed by atoms with Crippen molar-refractivity contribution in [2.75, 3.05) is 27.4 Å². The molecule has 0 spiro atoms. The van der Waals surface area contributed by atoms with Crippen molar-refractivity contribution in [3.05, 3.63) is 29.6 Å². The average Bonchev–Trinajstić information content (AvgIpc) is 2.79. The van der Waals surface area contributed by atoms with Crippen LogP contribution in [0.15, 0.2) is 18.2 Å². The van der Waals surface area contributed by atoms with E-state index in [0.29, 0.717) is 25.3 Å². The van der Waals surface area contributed by atoms with Crippen molar-refractivity contribution < 1.29 is 18.7 Å². The maximum absolute atomic E-state index is 13.7. The zero-order chi connectivity index (χ0) is 15.6. The molecule has 1 saturated heterocycles. The third kappa shape index (κ3) is 3.01. The van der Waals surface area contributed by atoms with Crippen LogP contribution in [0, 0.1) is 11.2 Å². The number of hydrogen-bond acceptors (Lipinski definition) is 4. The summed E-state index contributed by atoms with van der Waals surface area (Å²) in [5.41, 5.74) is 5.93. The number of rotatable bonds is 4. The largest absolute Gasteiger partial charge is 0.494 e. The smallest absolute Gasteiger partial charge is 0.232 e. The lowest BCUT2D eigenvalue weighted by molar-refractivity contribution is -0.140. The number of halogens is 1. The SMILES string of the molecule is COc1ccc(CN(C)C(=O)C2(C)COCC2N)cc1F. The number of carbonyl (C=O) groups excluding carboxylic acids is 1. The van der Waals surface area contributed by atoms with Gasteiger partial charge in [-0.05, 0) is 24.6 Å². The molecule has 21 heavy (non-hydrogen) atoms. The summed E-state index contributed by atoms with van der Waals surface area (Å²) in [6, 6.07) is 4.34. The van der Waals surface area contributed by atoms with Crippen LogP contribution in [0.4, 0.5) is 4.39 Å². The molecule has 2 N–H and O–H groups in total. The van der Waals surface area contributed by atoms with Gasteiger partial charge in [-0.2, -0.15) is 0 Å². The summed E-state index contributed by atoms with van der Waals surface area (Å²) in [6.07, 6.45) is 0. The van der Waals surface area contributed by atoms with Crippen LogP contribution in [-0.4, -0.2) is 44.2 Å². The molecule has 5 nitrogen and oxygen atoms in total. The summed E-state index contributed by atoms with van der Waals surface area (Å²) < 4.78 is 23.8. The van der Waals surface area contributed by atoms with Crippen LogP contribution in [0.1, 0.15) is 12.5 Å². The van der Waals surface area contributed by atoms with E-state index >= 15 is 0 Å².